The van der Waals surface area contributed by atoms with E-state index in [0.29, 0.717) is 19.4 Å². The van der Waals surface area contributed by atoms with Gasteiger partial charge in [-0.05, 0) is 26.2 Å². The highest BCUT2D eigenvalue weighted by Gasteiger charge is 2.20. The van der Waals surface area contributed by atoms with E-state index in [4.69, 9.17) is 0 Å². The molecule has 1 heterocycles. The zero-order valence-corrected chi connectivity index (χ0v) is 14.7. The predicted molar refractivity (Wildman–Crippen MR) is 98.3 cm³/mol. The van der Waals surface area contributed by atoms with Crippen LogP contribution in [0.5, 0.6) is 17.2 Å². The topological polar surface area (TPSA) is 136 Å². The third kappa shape index (κ3) is 3.32. The first-order valence-electron chi connectivity index (χ1n) is 8.10. The molecule has 0 aliphatic rings. The van der Waals surface area contributed by atoms with E-state index in [9.17, 15) is 24.9 Å². The van der Waals surface area contributed by atoms with Crippen molar-refractivity contribution < 1.29 is 24.9 Å². The van der Waals surface area contributed by atoms with Crippen LogP contribution in [-0.2, 0) is 0 Å². The van der Waals surface area contributed by atoms with Gasteiger partial charge in [0.05, 0.1) is 11.1 Å². The maximum atomic E-state index is 12.5. The molecule has 3 rings (SSSR count). The van der Waals surface area contributed by atoms with Gasteiger partial charge >= 0.3 is 0 Å². The van der Waals surface area contributed by atoms with Crippen molar-refractivity contribution in [3.8, 4) is 17.2 Å². The number of carbonyl (C=O) groups is 2. The molecule has 0 atom stereocenters. The molecule has 0 aliphatic heterocycles. The predicted octanol–water partition coefficient (Wildman–Crippen LogP) is 1.00. The lowest BCUT2D eigenvalue weighted by molar-refractivity contribution is 0.0952. The minimum Gasteiger partial charge on any atom is -0.507 e. The second-order valence-corrected chi connectivity index (χ2v) is 6.26. The second kappa shape index (κ2) is 7.04. The number of nitrogens with zero attached hydrogens (tertiary/aromatic N) is 3. The van der Waals surface area contributed by atoms with Gasteiger partial charge in [0.25, 0.3) is 5.91 Å². The van der Waals surface area contributed by atoms with Crippen molar-refractivity contribution in [3.63, 3.8) is 0 Å². The van der Waals surface area contributed by atoms with Crippen LogP contribution in [-0.4, -0.2) is 69.6 Å². The summed E-state index contributed by atoms with van der Waals surface area (Å²) < 4.78 is 0. The highest BCUT2D eigenvalue weighted by molar-refractivity contribution is 6.09. The zero-order valence-electron chi connectivity index (χ0n) is 14.7. The van der Waals surface area contributed by atoms with Gasteiger partial charge in [0.2, 0.25) is 0 Å². The Bertz CT molecular complexity index is 1060. The van der Waals surface area contributed by atoms with Gasteiger partial charge in [-0.2, -0.15) is 0 Å². The summed E-state index contributed by atoms with van der Waals surface area (Å²) in [4.78, 5) is 34.1. The van der Waals surface area contributed by atoms with Gasteiger partial charge in [0, 0.05) is 19.2 Å². The number of fused-ring (bicyclic) bond motifs is 2. The molecule has 27 heavy (non-hydrogen) atoms. The maximum Gasteiger partial charge on any atom is 0.253 e. The number of nitrogens with one attached hydrogen (secondary N) is 1. The molecule has 0 unspecified atom stereocenters. The fourth-order valence-corrected chi connectivity index (χ4v) is 2.67. The average molecular weight is 370 g/mol. The average Bonchev–Trinajstić information content (AvgIpc) is 2.61. The molecule has 9 nitrogen and oxygen atoms in total. The normalized spacial score (nSPS) is 11.2. The van der Waals surface area contributed by atoms with Crippen LogP contribution < -0.4 is 5.32 Å². The molecule has 4 N–H and O–H groups in total. The molecule has 9 heteroatoms. The Morgan fingerprint density at radius 1 is 1.04 bits per heavy atom. The van der Waals surface area contributed by atoms with E-state index in [1.807, 2.05) is 19.0 Å². The summed E-state index contributed by atoms with van der Waals surface area (Å²) in [6, 6.07) is 3.68. The van der Waals surface area contributed by atoms with Gasteiger partial charge < -0.3 is 25.5 Å². The molecule has 1 aromatic heterocycles. The molecule has 140 valence electrons. The van der Waals surface area contributed by atoms with Gasteiger partial charge in [-0.15, -0.1) is 0 Å². The van der Waals surface area contributed by atoms with E-state index in [0.717, 1.165) is 6.07 Å². The summed E-state index contributed by atoms with van der Waals surface area (Å²) in [5.74, 6) is -1.51. The van der Waals surface area contributed by atoms with E-state index in [1.54, 1.807) is 0 Å². The van der Waals surface area contributed by atoms with Gasteiger partial charge in [0.15, 0.2) is 6.29 Å². The van der Waals surface area contributed by atoms with Crippen molar-refractivity contribution in [1.82, 2.24) is 20.2 Å². The molecule has 1 amide bonds. The van der Waals surface area contributed by atoms with E-state index < -0.39 is 17.4 Å². The molecule has 0 spiro atoms. The molecule has 3 aromatic rings. The summed E-state index contributed by atoms with van der Waals surface area (Å²) in [7, 11) is 3.76. The Labute approximate surface area is 153 Å². The third-order valence-electron chi connectivity index (χ3n) is 4.06. The number of aromatic hydroxyl groups is 3. The van der Waals surface area contributed by atoms with Crippen LogP contribution in [0, 0.1) is 0 Å². The number of aromatic nitrogens is 2. The Hall–Kier alpha value is -3.46. The van der Waals surface area contributed by atoms with Gasteiger partial charge in [0.1, 0.15) is 39.3 Å². The first kappa shape index (κ1) is 18.3. The fourth-order valence-electron chi connectivity index (χ4n) is 2.67. The Balaban J connectivity index is 2.20. The second-order valence-electron chi connectivity index (χ2n) is 6.26. The summed E-state index contributed by atoms with van der Waals surface area (Å²) in [6.07, 6.45) is 0.381. The van der Waals surface area contributed by atoms with Crippen molar-refractivity contribution in [2.75, 3.05) is 27.2 Å². The SMILES string of the molecule is CN(C)CCNC(=O)c1ccc(O)c2nc3c(C=O)c(O)cc(O)c3nc12. The first-order chi connectivity index (χ1) is 12.8. The number of benzene rings is 2. The number of likely N-dealkylation sites (N-methyl/N-ethyl adjacent to an activating group) is 1. The van der Waals surface area contributed by atoms with Crippen LogP contribution in [0.1, 0.15) is 20.7 Å². The largest absolute Gasteiger partial charge is 0.507 e. The number of rotatable bonds is 5. The first-order valence-corrected chi connectivity index (χ1v) is 8.10. The fraction of sp³-hybridized carbons (Fsp3) is 0.222. The minimum absolute atomic E-state index is 0.0177. The van der Waals surface area contributed by atoms with E-state index in [-0.39, 0.29) is 38.9 Å². The Morgan fingerprint density at radius 3 is 2.37 bits per heavy atom. The van der Waals surface area contributed by atoms with Crippen LogP contribution in [0.3, 0.4) is 0 Å². The highest BCUT2D eigenvalue weighted by Crippen LogP contribution is 2.35. The molecule has 0 radical (unpaired) electrons. The molecule has 2 aromatic carbocycles. The van der Waals surface area contributed by atoms with Crippen molar-refractivity contribution >= 4 is 34.3 Å². The van der Waals surface area contributed by atoms with Gasteiger partial charge in [-0.3, -0.25) is 9.59 Å². The number of hydrogen-bond acceptors (Lipinski definition) is 8. The highest BCUT2D eigenvalue weighted by atomic mass is 16.3. The van der Waals surface area contributed by atoms with E-state index >= 15 is 0 Å². The van der Waals surface area contributed by atoms with Crippen molar-refractivity contribution in [2.24, 2.45) is 0 Å². The number of hydrogen-bond donors (Lipinski definition) is 4. The smallest absolute Gasteiger partial charge is 0.253 e. The van der Waals surface area contributed by atoms with Crippen LogP contribution in [0.25, 0.3) is 22.1 Å². The molecule has 0 bridgehead atoms. The zero-order chi connectivity index (χ0) is 19.7. The molecular formula is C18H18N4O5. The molecular weight excluding hydrogens is 352 g/mol. The van der Waals surface area contributed by atoms with Gasteiger partial charge in [-0.1, -0.05) is 0 Å². The van der Waals surface area contributed by atoms with Crippen molar-refractivity contribution in [1.29, 1.82) is 0 Å². The van der Waals surface area contributed by atoms with Gasteiger partial charge in [-0.25, -0.2) is 9.97 Å². The summed E-state index contributed by atoms with van der Waals surface area (Å²) in [6.45, 7) is 1.04. The van der Waals surface area contributed by atoms with Crippen LogP contribution in [0.15, 0.2) is 18.2 Å². The number of phenols is 3. The molecule has 0 fully saturated rings. The monoisotopic (exact) mass is 370 g/mol. The molecule has 0 aliphatic carbocycles. The summed E-state index contributed by atoms with van der Waals surface area (Å²) in [5.41, 5.74) is -0.0853. The van der Waals surface area contributed by atoms with E-state index in [1.165, 1.54) is 12.1 Å². The quantitative estimate of drug-likeness (QED) is 0.386. The van der Waals surface area contributed by atoms with Crippen molar-refractivity contribution in [2.45, 2.75) is 0 Å². The Kier molecular flexibility index (Phi) is 4.78. The van der Waals surface area contributed by atoms with Crippen LogP contribution in [0.2, 0.25) is 0 Å². The van der Waals surface area contributed by atoms with Crippen molar-refractivity contribution in [3.05, 3.63) is 29.3 Å². The maximum absolute atomic E-state index is 12.5. The van der Waals surface area contributed by atoms with Crippen LogP contribution in [0.4, 0.5) is 0 Å². The minimum atomic E-state index is -0.458. The lowest BCUT2D eigenvalue weighted by Gasteiger charge is -2.12. The number of phenolic OH excluding ortho intramolecular Hbond substituents is 3. The molecule has 0 saturated carbocycles. The van der Waals surface area contributed by atoms with E-state index in [2.05, 4.69) is 15.3 Å². The Morgan fingerprint density at radius 2 is 1.70 bits per heavy atom. The lowest BCUT2D eigenvalue weighted by atomic mass is 10.1. The standard InChI is InChI=1S/C18H18N4O5/c1-22(2)6-5-19-18(27)9-3-4-11(24)16-14(9)20-17-13(26)7-12(25)10(8-23)15(17)21-16/h3-4,7-8,24-26H,5-6H2,1-2H3,(H,19,27). The number of aldehydes is 1. The molecule has 0 saturated heterocycles. The van der Waals surface area contributed by atoms with Crippen LogP contribution >= 0.6 is 0 Å². The number of amides is 1. The summed E-state index contributed by atoms with van der Waals surface area (Å²) in [5, 5.41) is 32.8. The lowest BCUT2D eigenvalue weighted by Crippen LogP contribution is -2.31. The third-order valence-corrected chi connectivity index (χ3v) is 4.06. The number of carbonyl (C=O) groups excluding carboxylic acids is 2. The summed E-state index contributed by atoms with van der Waals surface area (Å²) >= 11 is 0.